The van der Waals surface area contributed by atoms with Gasteiger partial charge in [-0.3, -0.25) is 0 Å². The Balaban J connectivity index is 1.80. The quantitative estimate of drug-likeness (QED) is 0.944. The smallest absolute Gasteiger partial charge is 0.183 e. The molecule has 0 amide bonds. The lowest BCUT2D eigenvalue weighted by atomic mass is 10.1. The Hall–Kier alpha value is -1.50. The Morgan fingerprint density at radius 2 is 2.21 bits per heavy atom. The molecule has 19 heavy (non-hydrogen) atoms. The second-order valence-corrected chi connectivity index (χ2v) is 5.72. The van der Waals surface area contributed by atoms with Gasteiger partial charge in [0.25, 0.3) is 0 Å². The van der Waals surface area contributed by atoms with Crippen molar-refractivity contribution >= 4 is 35.0 Å². The molecule has 1 unspecified atom stereocenters. The van der Waals surface area contributed by atoms with Gasteiger partial charge in [-0.05, 0) is 6.07 Å². The minimum absolute atomic E-state index is 0.421. The van der Waals surface area contributed by atoms with Gasteiger partial charge in [0.1, 0.15) is 11.9 Å². The highest BCUT2D eigenvalue weighted by molar-refractivity contribution is 7.15. The summed E-state index contributed by atoms with van der Waals surface area (Å²) in [5.41, 5.74) is 0.715. The molecule has 2 aromatic rings. The van der Waals surface area contributed by atoms with E-state index >= 15 is 0 Å². The number of anilines is 1. The zero-order valence-corrected chi connectivity index (χ0v) is 11.5. The van der Waals surface area contributed by atoms with Gasteiger partial charge >= 0.3 is 0 Å². The molecule has 3 rings (SSSR count). The molecule has 7 heteroatoms. The Bertz CT molecular complexity index is 598. The number of hydrogen-bond acceptors (Lipinski definition) is 6. The Kier molecular flexibility index (Phi) is 3.46. The summed E-state index contributed by atoms with van der Waals surface area (Å²) < 4.78 is 0.421. The monoisotopic (exact) mass is 294 g/mol. The maximum atomic E-state index is 10.2. The average molecular weight is 295 g/mol. The molecule has 5 nitrogen and oxygen atoms in total. The van der Waals surface area contributed by atoms with Crippen LogP contribution in [0.3, 0.4) is 0 Å². The largest absolute Gasteiger partial charge is 0.383 e. The van der Waals surface area contributed by atoms with E-state index in [0.717, 1.165) is 18.8 Å². The minimum Gasteiger partial charge on any atom is -0.383 e. The van der Waals surface area contributed by atoms with Gasteiger partial charge in [0, 0.05) is 37.1 Å². The zero-order valence-electron chi connectivity index (χ0n) is 9.90. The number of aromatic nitrogens is 2. The molecule has 0 saturated carbocycles. The van der Waals surface area contributed by atoms with Crippen LogP contribution >= 0.6 is 22.9 Å². The molecular weight excluding hydrogens is 284 g/mol. The predicted molar refractivity (Wildman–Crippen MR) is 75.9 cm³/mol. The third kappa shape index (κ3) is 2.60. The topological polar surface area (TPSA) is 61.6 Å². The van der Waals surface area contributed by atoms with Crippen LogP contribution in [0.5, 0.6) is 0 Å². The first-order chi connectivity index (χ1) is 9.24. The van der Waals surface area contributed by atoms with Crippen LogP contribution in [0.4, 0.5) is 5.82 Å². The van der Waals surface area contributed by atoms with Gasteiger partial charge in [-0.15, -0.1) is 11.3 Å². The fraction of sp³-hybridized carbons (Fsp3) is 0.250. The van der Waals surface area contributed by atoms with Crippen LogP contribution in [0.2, 0.25) is 4.47 Å². The number of nitrogens with zero attached hydrogens (tertiary/aromatic N) is 4. The number of thiazole rings is 1. The summed E-state index contributed by atoms with van der Waals surface area (Å²) in [4.78, 5) is 8.94. The van der Waals surface area contributed by atoms with E-state index in [9.17, 15) is 5.11 Å². The van der Waals surface area contributed by atoms with Crippen LogP contribution in [0.15, 0.2) is 29.6 Å². The van der Waals surface area contributed by atoms with Gasteiger partial charge in [0.15, 0.2) is 4.47 Å². The van der Waals surface area contributed by atoms with Gasteiger partial charge in [-0.1, -0.05) is 17.7 Å². The average Bonchev–Trinajstić information content (AvgIpc) is 3.09. The van der Waals surface area contributed by atoms with Crippen molar-refractivity contribution in [1.29, 1.82) is 0 Å². The van der Waals surface area contributed by atoms with E-state index in [0.29, 0.717) is 14.9 Å². The van der Waals surface area contributed by atoms with Crippen molar-refractivity contribution in [1.82, 2.24) is 9.97 Å². The number of halogens is 1. The van der Waals surface area contributed by atoms with Gasteiger partial charge < -0.3 is 5.11 Å². The molecule has 98 valence electrons. The van der Waals surface area contributed by atoms with Crippen molar-refractivity contribution in [2.24, 2.45) is 5.10 Å². The number of aliphatic hydroxyl groups is 1. The summed E-state index contributed by atoms with van der Waals surface area (Å²) in [5.74, 6) is 0.784. The fourth-order valence-corrected chi connectivity index (χ4v) is 2.80. The molecule has 1 atom stereocenters. The molecule has 3 heterocycles. The normalized spacial score (nSPS) is 16.0. The second-order valence-electron chi connectivity index (χ2n) is 4.08. The maximum Gasteiger partial charge on any atom is 0.183 e. The van der Waals surface area contributed by atoms with Crippen LogP contribution in [0.25, 0.3) is 0 Å². The number of hydrazone groups is 1. The SMILES string of the molecule is OC(c1ccc(N2CCC=N2)nc1)c1cnc(Cl)s1. The van der Waals surface area contributed by atoms with Crippen molar-refractivity contribution in [3.63, 3.8) is 0 Å². The Labute approximate surface area is 119 Å². The van der Waals surface area contributed by atoms with E-state index in [2.05, 4.69) is 15.1 Å². The summed E-state index contributed by atoms with van der Waals surface area (Å²) in [7, 11) is 0. The van der Waals surface area contributed by atoms with E-state index in [4.69, 9.17) is 11.6 Å². The predicted octanol–water partition coefficient (Wildman–Crippen LogP) is 2.47. The van der Waals surface area contributed by atoms with Gasteiger partial charge in [0.2, 0.25) is 0 Å². The summed E-state index contributed by atoms with van der Waals surface area (Å²) in [5, 5.41) is 16.2. The van der Waals surface area contributed by atoms with Crippen molar-refractivity contribution in [2.45, 2.75) is 12.5 Å². The molecular formula is C12H11ClN4OS. The highest BCUT2D eigenvalue weighted by atomic mass is 35.5. The Morgan fingerprint density at radius 3 is 2.79 bits per heavy atom. The molecule has 0 bridgehead atoms. The first kappa shape index (κ1) is 12.5. The molecule has 0 fully saturated rings. The molecule has 0 aromatic carbocycles. The molecule has 1 aliphatic heterocycles. The first-order valence-electron chi connectivity index (χ1n) is 5.79. The number of aliphatic hydroxyl groups excluding tert-OH is 1. The highest BCUT2D eigenvalue weighted by Gasteiger charge is 2.15. The number of rotatable bonds is 3. The van der Waals surface area contributed by atoms with Gasteiger partial charge in [-0.2, -0.15) is 5.10 Å². The lowest BCUT2D eigenvalue weighted by molar-refractivity contribution is 0.223. The lowest BCUT2D eigenvalue weighted by Crippen LogP contribution is -2.13. The minimum atomic E-state index is -0.742. The fourth-order valence-electron chi connectivity index (χ4n) is 1.83. The number of pyridine rings is 1. The van der Waals surface area contributed by atoms with Crippen molar-refractivity contribution < 1.29 is 5.11 Å². The van der Waals surface area contributed by atoms with Gasteiger partial charge in [-0.25, -0.2) is 15.0 Å². The van der Waals surface area contributed by atoms with Crippen LogP contribution in [0, 0.1) is 0 Å². The summed E-state index contributed by atoms with van der Waals surface area (Å²) in [6.07, 6.45) is 5.29. The molecule has 1 N–H and O–H groups in total. The van der Waals surface area contributed by atoms with Crippen LogP contribution in [-0.4, -0.2) is 27.8 Å². The standard InChI is InChI=1S/C12H11ClN4OS/c13-12-15-7-9(19-12)11(18)8-2-3-10(14-6-8)17-5-1-4-16-17/h2-4,6-7,11,18H,1,5H2. The zero-order chi connectivity index (χ0) is 13.2. The lowest BCUT2D eigenvalue weighted by Gasteiger charge is -2.14. The van der Waals surface area contributed by atoms with Crippen LogP contribution in [0.1, 0.15) is 23.0 Å². The molecule has 2 aromatic heterocycles. The van der Waals surface area contributed by atoms with Crippen LogP contribution < -0.4 is 5.01 Å². The van der Waals surface area contributed by atoms with Gasteiger partial charge in [0.05, 0.1) is 4.88 Å². The molecule has 0 radical (unpaired) electrons. The van der Waals surface area contributed by atoms with E-state index < -0.39 is 6.10 Å². The van der Waals surface area contributed by atoms with Crippen molar-refractivity contribution in [3.8, 4) is 0 Å². The van der Waals surface area contributed by atoms with E-state index in [1.807, 2.05) is 23.4 Å². The second kappa shape index (κ2) is 5.24. The third-order valence-corrected chi connectivity index (χ3v) is 3.97. The van der Waals surface area contributed by atoms with E-state index in [-0.39, 0.29) is 0 Å². The molecule has 0 saturated heterocycles. The summed E-state index contributed by atoms with van der Waals surface area (Å²) in [6.45, 7) is 0.847. The molecule has 0 aliphatic carbocycles. The highest BCUT2D eigenvalue weighted by Crippen LogP contribution is 2.29. The Morgan fingerprint density at radius 1 is 1.32 bits per heavy atom. The number of hydrogen-bond donors (Lipinski definition) is 1. The first-order valence-corrected chi connectivity index (χ1v) is 6.99. The molecule has 0 spiro atoms. The third-order valence-electron chi connectivity index (χ3n) is 2.81. The molecule has 1 aliphatic rings. The van der Waals surface area contributed by atoms with Crippen molar-refractivity contribution in [3.05, 3.63) is 39.4 Å². The van der Waals surface area contributed by atoms with E-state index in [1.165, 1.54) is 11.3 Å². The van der Waals surface area contributed by atoms with Crippen LogP contribution in [-0.2, 0) is 0 Å². The summed E-state index contributed by atoms with van der Waals surface area (Å²) >= 11 is 7.02. The van der Waals surface area contributed by atoms with E-state index in [1.54, 1.807) is 12.4 Å². The maximum absolute atomic E-state index is 10.2. The summed E-state index contributed by atoms with van der Waals surface area (Å²) in [6, 6.07) is 3.69. The van der Waals surface area contributed by atoms with Crippen molar-refractivity contribution in [2.75, 3.05) is 11.6 Å².